The van der Waals surface area contributed by atoms with Crippen molar-refractivity contribution in [3.8, 4) is 27.9 Å². The Morgan fingerprint density at radius 3 is 2.58 bits per heavy atom. The maximum Gasteiger partial charge on any atom is 0.239 e. The molecule has 0 spiro atoms. The van der Waals surface area contributed by atoms with Crippen molar-refractivity contribution in [2.45, 2.75) is 6.42 Å². The molecule has 0 saturated carbocycles. The summed E-state index contributed by atoms with van der Waals surface area (Å²) in [5.41, 5.74) is 0.712. The van der Waals surface area contributed by atoms with Gasteiger partial charge in [0.05, 0.1) is 19.1 Å². The van der Waals surface area contributed by atoms with Gasteiger partial charge in [-0.15, -0.1) is 21.5 Å². The largest absolute Gasteiger partial charge is 0.494 e. The fraction of sp³-hybridized carbons (Fsp3) is 0.235. The molecule has 0 aliphatic carbocycles. The van der Waals surface area contributed by atoms with Gasteiger partial charge in [-0.2, -0.15) is 0 Å². The molecule has 2 aromatic heterocycles. The van der Waals surface area contributed by atoms with Gasteiger partial charge in [-0.1, -0.05) is 12.1 Å². The van der Waals surface area contributed by atoms with Crippen LogP contribution in [0.1, 0.15) is 6.42 Å². The van der Waals surface area contributed by atoms with Crippen LogP contribution < -0.4 is 14.2 Å². The van der Waals surface area contributed by atoms with Crippen LogP contribution in [0.25, 0.3) is 16.4 Å². The fourth-order valence-electron chi connectivity index (χ4n) is 2.40. The topological polar surface area (TPSA) is 78.3 Å². The molecule has 0 fully saturated rings. The number of benzene rings is 1. The van der Waals surface area contributed by atoms with Gasteiger partial charge in [0.2, 0.25) is 5.95 Å². The van der Waals surface area contributed by atoms with E-state index in [9.17, 15) is 4.79 Å². The molecule has 136 valence electrons. The first kappa shape index (κ1) is 18.3. The number of hydrogen-bond donors (Lipinski definition) is 1. The molecular formula is C17H18N4O3S2. The lowest BCUT2D eigenvalue weighted by molar-refractivity contribution is -0.107. The summed E-state index contributed by atoms with van der Waals surface area (Å²) in [7, 11) is 3.22. The van der Waals surface area contributed by atoms with E-state index in [0.717, 1.165) is 11.2 Å². The molecule has 0 unspecified atom stereocenters. The fourth-order valence-corrected chi connectivity index (χ4v) is 3.68. The lowest BCUT2D eigenvalue weighted by atomic mass is 10.2. The van der Waals surface area contributed by atoms with Gasteiger partial charge in [0.15, 0.2) is 5.82 Å². The third-order valence-corrected chi connectivity index (χ3v) is 5.16. The third-order valence-electron chi connectivity index (χ3n) is 3.53. The summed E-state index contributed by atoms with van der Waals surface area (Å²) >= 11 is 2.97. The third kappa shape index (κ3) is 3.68. The summed E-state index contributed by atoms with van der Waals surface area (Å²) < 4.78 is 16.1. The molecule has 0 saturated heterocycles. The Hall–Kier alpha value is -2.52. The molecule has 1 N–H and O–H groups in total. The van der Waals surface area contributed by atoms with E-state index in [2.05, 4.69) is 14.9 Å². The van der Waals surface area contributed by atoms with Crippen LogP contribution in [0.4, 0.5) is 5.95 Å². The summed E-state index contributed by atoms with van der Waals surface area (Å²) in [6, 6.07) is 9.53. The van der Waals surface area contributed by atoms with Gasteiger partial charge in [0.25, 0.3) is 0 Å². The average molecular weight is 390 g/mol. The van der Waals surface area contributed by atoms with Crippen molar-refractivity contribution >= 4 is 35.5 Å². The first-order valence-corrected chi connectivity index (χ1v) is 9.68. The number of nitrogens with one attached hydrogen (secondary N) is 1. The van der Waals surface area contributed by atoms with Gasteiger partial charge in [-0.05, 0) is 35.5 Å². The van der Waals surface area contributed by atoms with Crippen molar-refractivity contribution in [2.75, 3.05) is 24.7 Å². The van der Waals surface area contributed by atoms with Crippen LogP contribution in [0.15, 0.2) is 35.7 Å². The molecule has 0 bridgehead atoms. The van der Waals surface area contributed by atoms with E-state index in [1.165, 1.54) is 11.9 Å². The van der Waals surface area contributed by atoms with E-state index in [1.807, 2.05) is 40.3 Å². The van der Waals surface area contributed by atoms with Crippen molar-refractivity contribution in [1.29, 1.82) is 0 Å². The second kappa shape index (κ2) is 8.72. The SMILES string of the molecule is COc1cccc(OC)c1-n1c(NSCCC=O)nnc1-c1cccs1. The zero-order valence-electron chi connectivity index (χ0n) is 14.3. The molecule has 7 nitrogen and oxygen atoms in total. The number of ether oxygens (including phenoxy) is 2. The van der Waals surface area contributed by atoms with Crippen LogP contribution in [0, 0.1) is 0 Å². The molecule has 0 atom stereocenters. The van der Waals surface area contributed by atoms with Crippen LogP contribution >= 0.6 is 23.3 Å². The predicted octanol–water partition coefficient (Wildman–Crippen LogP) is 3.66. The number of para-hydroxylation sites is 1. The van der Waals surface area contributed by atoms with E-state index < -0.39 is 0 Å². The maximum atomic E-state index is 10.5. The van der Waals surface area contributed by atoms with Crippen molar-refractivity contribution in [1.82, 2.24) is 14.8 Å². The van der Waals surface area contributed by atoms with E-state index in [1.54, 1.807) is 25.6 Å². The van der Waals surface area contributed by atoms with Crippen molar-refractivity contribution in [2.24, 2.45) is 0 Å². The van der Waals surface area contributed by atoms with Gasteiger partial charge >= 0.3 is 0 Å². The monoisotopic (exact) mass is 390 g/mol. The zero-order chi connectivity index (χ0) is 18.4. The van der Waals surface area contributed by atoms with Gasteiger partial charge < -0.3 is 14.3 Å². The Morgan fingerprint density at radius 2 is 1.96 bits per heavy atom. The number of hydrogen-bond acceptors (Lipinski definition) is 8. The molecule has 0 radical (unpaired) electrons. The smallest absolute Gasteiger partial charge is 0.239 e. The number of carbonyl (C=O) groups excluding carboxylic acids is 1. The number of methoxy groups -OCH3 is 2. The van der Waals surface area contributed by atoms with Gasteiger partial charge in [-0.3, -0.25) is 9.29 Å². The summed E-state index contributed by atoms with van der Waals surface area (Å²) in [5.74, 6) is 3.13. The molecule has 0 aliphatic heterocycles. The van der Waals surface area contributed by atoms with Gasteiger partial charge in [0.1, 0.15) is 23.5 Å². The van der Waals surface area contributed by atoms with E-state index in [0.29, 0.717) is 41.1 Å². The number of anilines is 1. The van der Waals surface area contributed by atoms with E-state index in [4.69, 9.17) is 9.47 Å². The van der Waals surface area contributed by atoms with E-state index >= 15 is 0 Å². The second-order valence-corrected chi connectivity index (χ2v) is 6.93. The molecule has 9 heteroatoms. The highest BCUT2D eigenvalue weighted by Crippen LogP contribution is 2.38. The summed E-state index contributed by atoms with van der Waals surface area (Å²) in [6.07, 6.45) is 1.35. The predicted molar refractivity (Wildman–Crippen MR) is 105 cm³/mol. The first-order chi connectivity index (χ1) is 12.8. The number of rotatable bonds is 9. The number of aldehydes is 1. The lowest BCUT2D eigenvalue weighted by Gasteiger charge is -2.17. The summed E-state index contributed by atoms with van der Waals surface area (Å²) in [4.78, 5) is 11.5. The Balaban J connectivity index is 2.12. The number of thiophene rings is 1. The summed E-state index contributed by atoms with van der Waals surface area (Å²) in [5, 5.41) is 10.6. The average Bonchev–Trinajstić information content (AvgIpc) is 3.34. The highest BCUT2D eigenvalue weighted by molar-refractivity contribution is 8.00. The highest BCUT2D eigenvalue weighted by Gasteiger charge is 2.22. The zero-order valence-corrected chi connectivity index (χ0v) is 16.0. The van der Waals surface area contributed by atoms with Crippen LogP contribution in [-0.4, -0.2) is 41.0 Å². The second-order valence-electron chi connectivity index (χ2n) is 5.08. The van der Waals surface area contributed by atoms with E-state index in [-0.39, 0.29) is 0 Å². The van der Waals surface area contributed by atoms with Crippen LogP contribution in [0.5, 0.6) is 11.5 Å². The molecule has 3 aromatic rings. The lowest BCUT2D eigenvalue weighted by Crippen LogP contribution is -2.06. The molecule has 1 aromatic carbocycles. The molecule has 0 aliphatic rings. The minimum absolute atomic E-state index is 0.460. The van der Waals surface area contributed by atoms with Crippen LogP contribution in [0.2, 0.25) is 0 Å². The van der Waals surface area contributed by atoms with Crippen molar-refractivity contribution in [3.05, 3.63) is 35.7 Å². The number of carbonyl (C=O) groups is 1. The molecule has 0 amide bonds. The highest BCUT2D eigenvalue weighted by atomic mass is 32.2. The van der Waals surface area contributed by atoms with Crippen LogP contribution in [0.3, 0.4) is 0 Å². The molecular weight excluding hydrogens is 372 g/mol. The molecule has 26 heavy (non-hydrogen) atoms. The molecule has 3 rings (SSSR count). The van der Waals surface area contributed by atoms with Gasteiger partial charge in [-0.25, -0.2) is 0 Å². The Labute approximate surface area is 159 Å². The minimum atomic E-state index is 0.460. The van der Waals surface area contributed by atoms with Crippen molar-refractivity contribution in [3.63, 3.8) is 0 Å². The quantitative estimate of drug-likeness (QED) is 0.339. The minimum Gasteiger partial charge on any atom is -0.494 e. The normalized spacial score (nSPS) is 10.5. The molecule has 2 heterocycles. The maximum absolute atomic E-state index is 10.5. The van der Waals surface area contributed by atoms with Crippen LogP contribution in [-0.2, 0) is 4.79 Å². The Bertz CT molecular complexity index is 843. The van der Waals surface area contributed by atoms with Gasteiger partial charge in [0, 0.05) is 12.2 Å². The summed E-state index contributed by atoms with van der Waals surface area (Å²) in [6.45, 7) is 0. The standard InChI is InChI=1S/C17H18N4O3S2/c1-23-12-6-3-7-13(24-2)15(12)21-16(14-8-4-10-25-14)18-19-17(21)20-26-11-5-9-22/h3-4,6-10H,5,11H2,1-2H3,(H,19,20). The van der Waals surface area contributed by atoms with Crippen molar-refractivity contribution < 1.29 is 14.3 Å². The number of aromatic nitrogens is 3. The Morgan fingerprint density at radius 1 is 1.19 bits per heavy atom. The Kier molecular flexibility index (Phi) is 6.13. The first-order valence-electron chi connectivity index (χ1n) is 7.82. The number of nitrogens with zero attached hydrogens (tertiary/aromatic N) is 3.